The molecule has 27 heavy (non-hydrogen) atoms. The number of halogens is 1. The van der Waals surface area contributed by atoms with Crippen LogP contribution in [0.1, 0.15) is 13.3 Å². The number of nitrogens with one attached hydrogen (secondary N) is 1. The van der Waals surface area contributed by atoms with E-state index in [2.05, 4.69) is 20.2 Å². The van der Waals surface area contributed by atoms with Gasteiger partial charge in [0.25, 0.3) is 4.84 Å². The number of hydrogen-bond acceptors (Lipinski definition) is 6. The molecule has 3 rings (SSSR count). The Kier molecular flexibility index (Phi) is 7.01. The number of aromatic nitrogens is 2. The molecule has 1 fully saturated rings. The molecule has 9 heteroatoms. The normalized spacial score (nSPS) is 15.8. The van der Waals surface area contributed by atoms with Crippen LogP contribution in [-0.4, -0.2) is 64.8 Å². The largest absolute Gasteiger partial charge is 0.409 e. The van der Waals surface area contributed by atoms with Crippen molar-refractivity contribution < 1.29 is 9.21 Å². The van der Waals surface area contributed by atoms with Crippen LogP contribution in [0.5, 0.6) is 0 Å². The van der Waals surface area contributed by atoms with Gasteiger partial charge in [-0.15, -0.1) is 5.10 Å². The Hall–Kier alpha value is -1.74. The third kappa shape index (κ3) is 5.38. The lowest BCUT2D eigenvalue weighted by atomic mass is 10.2. The molecule has 0 atom stereocenters. The molecule has 2 aromatic rings. The molecule has 1 amide bonds. The maximum atomic E-state index is 11.8. The first-order chi connectivity index (χ1) is 13.1. The van der Waals surface area contributed by atoms with Gasteiger partial charge in [0.15, 0.2) is 0 Å². The van der Waals surface area contributed by atoms with Gasteiger partial charge < -0.3 is 9.73 Å². The van der Waals surface area contributed by atoms with E-state index in [1.165, 1.54) is 0 Å². The van der Waals surface area contributed by atoms with Crippen molar-refractivity contribution in [3.63, 3.8) is 0 Å². The van der Waals surface area contributed by atoms with E-state index in [4.69, 9.17) is 28.2 Å². The predicted molar refractivity (Wildman–Crippen MR) is 107 cm³/mol. The zero-order valence-corrected chi connectivity index (χ0v) is 16.9. The van der Waals surface area contributed by atoms with Crippen molar-refractivity contribution in [2.24, 2.45) is 0 Å². The lowest BCUT2D eigenvalue weighted by Crippen LogP contribution is -2.49. The fourth-order valence-electron chi connectivity index (χ4n) is 2.94. The highest BCUT2D eigenvalue weighted by molar-refractivity contribution is 7.71. The molecule has 1 aliphatic heterocycles. The minimum absolute atomic E-state index is 0.0911. The summed E-state index contributed by atoms with van der Waals surface area (Å²) in [6.07, 6.45) is 0.952. The molecule has 0 bridgehead atoms. The third-order valence-corrected chi connectivity index (χ3v) is 5.07. The van der Waals surface area contributed by atoms with Crippen LogP contribution in [0.25, 0.3) is 11.5 Å². The van der Waals surface area contributed by atoms with E-state index >= 15 is 0 Å². The van der Waals surface area contributed by atoms with Crippen LogP contribution in [0.3, 0.4) is 0 Å². The van der Waals surface area contributed by atoms with Gasteiger partial charge >= 0.3 is 0 Å². The van der Waals surface area contributed by atoms with Gasteiger partial charge in [-0.3, -0.25) is 14.6 Å². The molecule has 0 saturated carbocycles. The molecule has 7 nitrogen and oxygen atoms in total. The Labute approximate surface area is 168 Å². The summed E-state index contributed by atoms with van der Waals surface area (Å²) in [7, 11) is 0. The van der Waals surface area contributed by atoms with Gasteiger partial charge in [-0.05, 0) is 30.8 Å². The minimum atomic E-state index is 0.0911. The van der Waals surface area contributed by atoms with Crippen molar-refractivity contribution in [1.82, 2.24) is 24.9 Å². The topological polar surface area (TPSA) is 66.5 Å². The second-order valence-corrected chi connectivity index (χ2v) is 7.29. The average Bonchev–Trinajstić information content (AvgIpc) is 3.02. The summed E-state index contributed by atoms with van der Waals surface area (Å²) in [6, 6.07) is 7.40. The lowest BCUT2D eigenvalue weighted by Gasteiger charge is -2.33. The number of carbonyl (C=O) groups is 1. The first-order valence-electron chi connectivity index (χ1n) is 9.11. The van der Waals surface area contributed by atoms with Gasteiger partial charge in [-0.25, -0.2) is 4.68 Å². The summed E-state index contributed by atoms with van der Waals surface area (Å²) >= 11 is 11.5. The van der Waals surface area contributed by atoms with Gasteiger partial charge in [0.1, 0.15) is 0 Å². The minimum Gasteiger partial charge on any atom is -0.409 e. The SMILES string of the molecule is CCCNC(=O)CN1CCN(Cn2nc(-c3ccccc3Cl)oc2=S)CC1. The van der Waals surface area contributed by atoms with Gasteiger partial charge in [0, 0.05) is 32.7 Å². The first kappa shape index (κ1) is 20.0. The van der Waals surface area contributed by atoms with E-state index in [-0.39, 0.29) is 5.91 Å². The Morgan fingerprint density at radius 1 is 1.26 bits per heavy atom. The Morgan fingerprint density at radius 3 is 2.67 bits per heavy atom. The monoisotopic (exact) mass is 409 g/mol. The summed E-state index contributed by atoms with van der Waals surface area (Å²) < 4.78 is 7.30. The van der Waals surface area contributed by atoms with Crippen molar-refractivity contribution in [2.75, 3.05) is 39.3 Å². The van der Waals surface area contributed by atoms with Crippen molar-refractivity contribution in [1.29, 1.82) is 0 Å². The van der Waals surface area contributed by atoms with Crippen LogP contribution in [0, 0.1) is 4.84 Å². The molecule has 1 saturated heterocycles. The van der Waals surface area contributed by atoms with E-state index in [1.54, 1.807) is 10.7 Å². The number of benzene rings is 1. The molecule has 0 radical (unpaired) electrons. The molecule has 2 heterocycles. The lowest BCUT2D eigenvalue weighted by molar-refractivity contribution is -0.122. The van der Waals surface area contributed by atoms with Gasteiger partial charge in [0.05, 0.1) is 23.8 Å². The standard InChI is InChI=1S/C18H24ClN5O2S/c1-2-7-20-16(25)12-22-8-10-23(11-9-22)13-24-18(27)26-17(21-24)14-5-3-4-6-15(14)19/h3-6H,2,7-13H2,1H3,(H,20,25). The fraction of sp³-hybridized carbons (Fsp3) is 0.500. The maximum Gasteiger partial charge on any atom is 0.288 e. The van der Waals surface area contributed by atoms with Crippen LogP contribution >= 0.6 is 23.8 Å². The van der Waals surface area contributed by atoms with Crippen molar-refractivity contribution in [3.8, 4) is 11.5 Å². The van der Waals surface area contributed by atoms with Crippen LogP contribution in [0.2, 0.25) is 5.02 Å². The molecule has 1 aromatic carbocycles. The van der Waals surface area contributed by atoms with Crippen LogP contribution in [-0.2, 0) is 11.5 Å². The Morgan fingerprint density at radius 2 is 1.96 bits per heavy atom. The van der Waals surface area contributed by atoms with Crippen molar-refractivity contribution in [3.05, 3.63) is 34.1 Å². The van der Waals surface area contributed by atoms with Gasteiger partial charge in [-0.2, -0.15) is 0 Å². The van der Waals surface area contributed by atoms with Gasteiger partial charge in [-0.1, -0.05) is 30.7 Å². The summed E-state index contributed by atoms with van der Waals surface area (Å²) in [5.74, 6) is 0.519. The summed E-state index contributed by atoms with van der Waals surface area (Å²) in [6.45, 7) is 7.15. The van der Waals surface area contributed by atoms with E-state index < -0.39 is 0 Å². The molecule has 0 unspecified atom stereocenters. The highest BCUT2D eigenvalue weighted by Gasteiger charge is 2.20. The number of piperazine rings is 1. The quantitative estimate of drug-likeness (QED) is 0.709. The molecule has 146 valence electrons. The summed E-state index contributed by atoms with van der Waals surface area (Å²) in [5.41, 5.74) is 0.729. The van der Waals surface area contributed by atoms with Crippen LogP contribution < -0.4 is 5.32 Å². The second kappa shape index (κ2) is 9.45. The van der Waals surface area contributed by atoms with E-state index in [0.717, 1.165) is 44.7 Å². The van der Waals surface area contributed by atoms with E-state index in [9.17, 15) is 4.79 Å². The van der Waals surface area contributed by atoms with E-state index in [0.29, 0.717) is 29.0 Å². The summed E-state index contributed by atoms with van der Waals surface area (Å²) in [5, 5.41) is 7.97. The van der Waals surface area contributed by atoms with Crippen molar-refractivity contribution >= 4 is 29.7 Å². The van der Waals surface area contributed by atoms with Gasteiger partial charge in [0.2, 0.25) is 11.8 Å². The maximum absolute atomic E-state index is 11.8. The average molecular weight is 410 g/mol. The zero-order chi connectivity index (χ0) is 19.2. The number of nitrogens with zero attached hydrogens (tertiary/aromatic N) is 4. The summed E-state index contributed by atoms with van der Waals surface area (Å²) in [4.78, 5) is 16.6. The number of amides is 1. The number of hydrogen-bond donors (Lipinski definition) is 1. The zero-order valence-electron chi connectivity index (χ0n) is 15.4. The molecule has 1 aromatic heterocycles. The van der Waals surface area contributed by atoms with Crippen molar-refractivity contribution in [2.45, 2.75) is 20.0 Å². The van der Waals surface area contributed by atoms with E-state index in [1.807, 2.05) is 25.1 Å². The molecule has 1 N–H and O–H groups in total. The smallest absolute Gasteiger partial charge is 0.288 e. The van der Waals surface area contributed by atoms with Crippen LogP contribution in [0.15, 0.2) is 28.7 Å². The highest BCUT2D eigenvalue weighted by Crippen LogP contribution is 2.26. The molecule has 1 aliphatic rings. The fourth-order valence-corrected chi connectivity index (χ4v) is 3.33. The molecule has 0 aliphatic carbocycles. The highest BCUT2D eigenvalue weighted by atomic mass is 35.5. The molecular weight excluding hydrogens is 386 g/mol. The molecular formula is C18H24ClN5O2S. The first-order valence-corrected chi connectivity index (χ1v) is 9.89. The van der Waals surface area contributed by atoms with Crippen LogP contribution in [0.4, 0.5) is 0 Å². The Bertz CT molecular complexity index is 829. The Balaban J connectivity index is 1.55. The third-order valence-electron chi connectivity index (χ3n) is 4.45. The number of rotatable bonds is 7. The molecule has 0 spiro atoms. The second-order valence-electron chi connectivity index (χ2n) is 6.54. The predicted octanol–water partition coefficient (Wildman–Crippen LogP) is 2.63. The number of carbonyl (C=O) groups excluding carboxylic acids is 1.